The van der Waals surface area contributed by atoms with Gasteiger partial charge < -0.3 is 9.80 Å². The van der Waals surface area contributed by atoms with Crippen LogP contribution < -0.4 is 9.80 Å². The molecule has 0 unspecified atom stereocenters. The van der Waals surface area contributed by atoms with E-state index in [1.54, 1.807) is 0 Å². The zero-order chi connectivity index (χ0) is 26.5. The van der Waals surface area contributed by atoms with Crippen LogP contribution in [0.15, 0.2) is 120 Å². The number of hydrogen-bond donors (Lipinski definition) is 0. The molecule has 5 rings (SSSR count). The summed E-state index contributed by atoms with van der Waals surface area (Å²) in [7, 11) is 4.15. The van der Waals surface area contributed by atoms with Crippen LogP contribution in [0.5, 0.6) is 0 Å². The molecule has 0 aliphatic heterocycles. The van der Waals surface area contributed by atoms with E-state index < -0.39 is 0 Å². The Hall–Kier alpha value is -4.37. The normalized spacial score (nSPS) is 14.8. The topological polar surface area (TPSA) is 18.8 Å². The highest BCUT2D eigenvalue weighted by Crippen LogP contribution is 2.38. The lowest BCUT2D eigenvalue weighted by Crippen LogP contribution is -2.21. The Labute approximate surface area is 227 Å². The zero-order valence-corrected chi connectivity index (χ0v) is 22.7. The van der Waals surface area contributed by atoms with Gasteiger partial charge >= 0.3 is 0 Å². The highest BCUT2D eigenvalue weighted by Gasteiger charge is 2.20. The maximum atomic E-state index is 4.98. The molecule has 0 aromatic heterocycles. The number of para-hydroxylation sites is 1. The van der Waals surface area contributed by atoms with Crippen molar-refractivity contribution in [2.75, 3.05) is 37.0 Å². The van der Waals surface area contributed by atoms with E-state index in [2.05, 4.69) is 123 Å². The van der Waals surface area contributed by atoms with Gasteiger partial charge in [-0.25, -0.2) is 4.99 Å². The summed E-state index contributed by atoms with van der Waals surface area (Å²) in [6, 6.07) is 36.7. The molecule has 0 heterocycles. The second-order valence-electron chi connectivity index (χ2n) is 9.66. The third-order valence-corrected chi connectivity index (χ3v) is 7.13. The fourth-order valence-corrected chi connectivity index (χ4v) is 5.07. The van der Waals surface area contributed by atoms with Crippen LogP contribution in [0, 0.1) is 0 Å². The zero-order valence-electron chi connectivity index (χ0n) is 22.7. The molecule has 0 bridgehead atoms. The average molecular weight is 498 g/mol. The molecule has 0 saturated heterocycles. The Kier molecular flexibility index (Phi) is 7.55. The lowest BCUT2D eigenvalue weighted by molar-refractivity contribution is 0.866. The first-order valence-electron chi connectivity index (χ1n) is 13.4. The van der Waals surface area contributed by atoms with E-state index in [0.717, 1.165) is 30.1 Å². The summed E-state index contributed by atoms with van der Waals surface area (Å²) in [4.78, 5) is 9.49. The van der Waals surface area contributed by atoms with Gasteiger partial charge in [-0.1, -0.05) is 72.8 Å². The maximum absolute atomic E-state index is 4.98. The monoisotopic (exact) mass is 497 g/mol. The first-order valence-corrected chi connectivity index (χ1v) is 13.4. The first-order chi connectivity index (χ1) is 18.6. The molecule has 3 nitrogen and oxygen atoms in total. The third kappa shape index (κ3) is 5.19. The second-order valence-corrected chi connectivity index (χ2v) is 9.66. The maximum Gasteiger partial charge on any atom is 0.0715 e. The number of allylic oxidation sites excluding steroid dienone is 3. The van der Waals surface area contributed by atoms with Crippen LogP contribution in [-0.2, 0) is 0 Å². The van der Waals surface area contributed by atoms with Crippen LogP contribution in [0.3, 0.4) is 0 Å². The number of nitrogens with zero attached hydrogens (tertiary/aromatic N) is 3. The van der Waals surface area contributed by atoms with Gasteiger partial charge in [-0.05, 0) is 84.2 Å². The van der Waals surface area contributed by atoms with Crippen LogP contribution in [-0.4, -0.2) is 32.9 Å². The number of anilines is 2. The molecule has 3 heteroatoms. The summed E-state index contributed by atoms with van der Waals surface area (Å²) in [5, 5.41) is 0. The molecule has 0 spiro atoms. The van der Waals surface area contributed by atoms with Gasteiger partial charge in [0.15, 0.2) is 0 Å². The molecule has 0 saturated carbocycles. The third-order valence-electron chi connectivity index (χ3n) is 7.13. The summed E-state index contributed by atoms with van der Waals surface area (Å²) in [5.41, 5.74) is 11.6. The van der Waals surface area contributed by atoms with Gasteiger partial charge in [0.05, 0.1) is 11.4 Å². The van der Waals surface area contributed by atoms with Crippen LogP contribution in [0.4, 0.5) is 17.1 Å². The van der Waals surface area contributed by atoms with E-state index in [0.29, 0.717) is 0 Å². The lowest BCUT2D eigenvalue weighted by atomic mass is 9.83. The SMILES string of the molecule is CCN(CC)c1ccc(/C(=C2\C=CC(=Nc3ccccc3)c3ccccc32)c2ccc(N(C)C)cc2)cc1. The van der Waals surface area contributed by atoms with E-state index in [4.69, 9.17) is 4.99 Å². The molecule has 0 radical (unpaired) electrons. The Morgan fingerprint density at radius 2 is 1.16 bits per heavy atom. The predicted molar refractivity (Wildman–Crippen MR) is 165 cm³/mol. The minimum absolute atomic E-state index is 0.959. The highest BCUT2D eigenvalue weighted by molar-refractivity contribution is 6.19. The van der Waals surface area contributed by atoms with Crippen molar-refractivity contribution in [1.82, 2.24) is 0 Å². The molecule has 0 N–H and O–H groups in total. The molecular weight excluding hydrogens is 462 g/mol. The fourth-order valence-electron chi connectivity index (χ4n) is 5.07. The van der Waals surface area contributed by atoms with Crippen molar-refractivity contribution in [2.45, 2.75) is 13.8 Å². The molecule has 1 aliphatic rings. The van der Waals surface area contributed by atoms with Crippen molar-refractivity contribution in [2.24, 2.45) is 4.99 Å². The van der Waals surface area contributed by atoms with Crippen molar-refractivity contribution < 1.29 is 0 Å². The van der Waals surface area contributed by atoms with Crippen LogP contribution in [0.1, 0.15) is 36.1 Å². The Bertz CT molecular complexity index is 1470. The van der Waals surface area contributed by atoms with E-state index in [9.17, 15) is 0 Å². The summed E-state index contributed by atoms with van der Waals surface area (Å²) >= 11 is 0. The second kappa shape index (κ2) is 11.4. The summed E-state index contributed by atoms with van der Waals surface area (Å²) in [6.07, 6.45) is 4.39. The molecule has 38 heavy (non-hydrogen) atoms. The van der Waals surface area contributed by atoms with Crippen molar-refractivity contribution in [3.05, 3.63) is 138 Å². The summed E-state index contributed by atoms with van der Waals surface area (Å²) in [5.74, 6) is 0. The van der Waals surface area contributed by atoms with Gasteiger partial charge in [-0.3, -0.25) is 0 Å². The number of rotatable bonds is 7. The van der Waals surface area contributed by atoms with E-state index in [-0.39, 0.29) is 0 Å². The predicted octanol–water partition coefficient (Wildman–Crippen LogP) is 8.25. The van der Waals surface area contributed by atoms with Gasteiger partial charge in [0.25, 0.3) is 0 Å². The van der Waals surface area contributed by atoms with Gasteiger partial charge in [0.2, 0.25) is 0 Å². The minimum atomic E-state index is 0.959. The van der Waals surface area contributed by atoms with Crippen LogP contribution >= 0.6 is 0 Å². The smallest absolute Gasteiger partial charge is 0.0715 e. The van der Waals surface area contributed by atoms with E-state index in [1.165, 1.54) is 39.2 Å². The van der Waals surface area contributed by atoms with Crippen molar-refractivity contribution in [1.29, 1.82) is 0 Å². The molecule has 0 fully saturated rings. The first kappa shape index (κ1) is 25.3. The lowest BCUT2D eigenvalue weighted by Gasteiger charge is -2.23. The highest BCUT2D eigenvalue weighted by atomic mass is 15.1. The van der Waals surface area contributed by atoms with E-state index >= 15 is 0 Å². The number of fused-ring (bicyclic) bond motifs is 1. The molecule has 1 aliphatic carbocycles. The van der Waals surface area contributed by atoms with Crippen LogP contribution in [0.2, 0.25) is 0 Å². The Morgan fingerprint density at radius 3 is 1.74 bits per heavy atom. The largest absolute Gasteiger partial charge is 0.378 e. The number of hydrogen-bond acceptors (Lipinski definition) is 3. The summed E-state index contributed by atoms with van der Waals surface area (Å²) in [6.45, 7) is 6.40. The van der Waals surface area contributed by atoms with Gasteiger partial charge in [0, 0.05) is 44.1 Å². The number of benzene rings is 4. The standard InChI is InChI=1S/C35H35N3/c1-5-38(6-2)30-22-18-27(19-23-30)35(26-16-20-29(21-17-26)37(3)4)33-24-25-34(32-15-11-10-14-31(32)33)36-28-12-8-7-9-13-28/h7-25H,5-6H2,1-4H3/b35-33+,36-34?. The molecule has 190 valence electrons. The molecule has 4 aromatic rings. The molecule has 0 atom stereocenters. The molecular formula is C35H35N3. The minimum Gasteiger partial charge on any atom is -0.378 e. The molecule has 0 amide bonds. The number of aliphatic imine (C=N–C) groups is 1. The van der Waals surface area contributed by atoms with Gasteiger partial charge in [-0.15, -0.1) is 0 Å². The van der Waals surface area contributed by atoms with Crippen LogP contribution in [0.25, 0.3) is 11.1 Å². The van der Waals surface area contributed by atoms with Gasteiger partial charge in [-0.2, -0.15) is 0 Å². The quantitative estimate of drug-likeness (QED) is 0.256. The summed E-state index contributed by atoms with van der Waals surface area (Å²) < 4.78 is 0. The van der Waals surface area contributed by atoms with Crippen molar-refractivity contribution in [3.63, 3.8) is 0 Å². The van der Waals surface area contributed by atoms with Gasteiger partial charge in [0.1, 0.15) is 0 Å². The van der Waals surface area contributed by atoms with Crippen molar-refractivity contribution in [3.8, 4) is 0 Å². The van der Waals surface area contributed by atoms with E-state index in [1.807, 2.05) is 30.3 Å². The van der Waals surface area contributed by atoms with Crippen molar-refractivity contribution >= 4 is 33.9 Å². The Morgan fingerprint density at radius 1 is 0.605 bits per heavy atom. The average Bonchev–Trinajstić information content (AvgIpc) is 2.96. The Balaban J connectivity index is 1.69. The molecule has 4 aromatic carbocycles. The fraction of sp³-hybridized carbons (Fsp3) is 0.171.